The fourth-order valence-corrected chi connectivity index (χ4v) is 1.97. The lowest BCUT2D eigenvalue weighted by molar-refractivity contribution is 0.285. The van der Waals surface area contributed by atoms with Gasteiger partial charge < -0.3 is 5.32 Å². The molecule has 3 heteroatoms. The minimum Gasteiger partial charge on any atom is -0.310 e. The zero-order valence-electron chi connectivity index (χ0n) is 10.3. The van der Waals surface area contributed by atoms with Gasteiger partial charge >= 0.3 is 0 Å². The van der Waals surface area contributed by atoms with Gasteiger partial charge in [0.25, 0.3) is 0 Å². The van der Waals surface area contributed by atoms with Gasteiger partial charge in [-0.1, -0.05) is 54.4 Å². The second-order valence-corrected chi connectivity index (χ2v) is 6.53. The zero-order valence-corrected chi connectivity index (χ0v) is 12.6. The molecule has 1 unspecified atom stereocenters. The van der Waals surface area contributed by atoms with E-state index in [1.807, 2.05) is 12.1 Å². The SMILES string of the molecule is CC(NCc1ccc(Br)cc1Cl)C(C)(C)C. The van der Waals surface area contributed by atoms with Crippen LogP contribution in [0.15, 0.2) is 22.7 Å². The minimum atomic E-state index is 0.266. The zero-order chi connectivity index (χ0) is 12.3. The Balaban J connectivity index is 2.62. The van der Waals surface area contributed by atoms with Crippen LogP contribution in [0.1, 0.15) is 33.3 Å². The minimum absolute atomic E-state index is 0.266. The van der Waals surface area contributed by atoms with Crippen molar-refractivity contribution in [3.63, 3.8) is 0 Å². The second-order valence-electron chi connectivity index (χ2n) is 5.20. The van der Waals surface area contributed by atoms with Crippen LogP contribution in [0.4, 0.5) is 0 Å². The van der Waals surface area contributed by atoms with E-state index in [0.717, 1.165) is 21.6 Å². The van der Waals surface area contributed by atoms with Crippen LogP contribution in [0.5, 0.6) is 0 Å². The molecule has 0 heterocycles. The Morgan fingerprint density at radius 3 is 2.50 bits per heavy atom. The van der Waals surface area contributed by atoms with Crippen molar-refractivity contribution in [2.24, 2.45) is 5.41 Å². The molecular weight excluding hydrogens is 286 g/mol. The van der Waals surface area contributed by atoms with Crippen molar-refractivity contribution in [2.75, 3.05) is 0 Å². The summed E-state index contributed by atoms with van der Waals surface area (Å²) in [6, 6.07) is 6.45. The summed E-state index contributed by atoms with van der Waals surface area (Å²) in [5, 5.41) is 4.31. The Kier molecular flexibility index (Phi) is 4.84. The first-order valence-corrected chi connectivity index (χ1v) is 6.65. The van der Waals surface area contributed by atoms with Gasteiger partial charge in [0.05, 0.1) is 0 Å². The third kappa shape index (κ3) is 4.08. The van der Waals surface area contributed by atoms with E-state index in [4.69, 9.17) is 11.6 Å². The van der Waals surface area contributed by atoms with Crippen LogP contribution in [0.25, 0.3) is 0 Å². The largest absolute Gasteiger partial charge is 0.310 e. The molecule has 0 spiro atoms. The molecule has 0 bridgehead atoms. The molecule has 0 aliphatic carbocycles. The standard InChI is InChI=1S/C13H19BrClN/c1-9(13(2,3)4)16-8-10-5-6-11(14)7-12(10)15/h5-7,9,16H,8H2,1-4H3. The van der Waals surface area contributed by atoms with E-state index in [9.17, 15) is 0 Å². The Morgan fingerprint density at radius 2 is 2.00 bits per heavy atom. The first kappa shape index (κ1) is 14.0. The molecule has 1 rings (SSSR count). The van der Waals surface area contributed by atoms with E-state index < -0.39 is 0 Å². The maximum atomic E-state index is 6.16. The van der Waals surface area contributed by atoms with E-state index in [1.54, 1.807) is 0 Å². The van der Waals surface area contributed by atoms with Crippen molar-refractivity contribution in [3.05, 3.63) is 33.3 Å². The topological polar surface area (TPSA) is 12.0 Å². The molecule has 0 aromatic heterocycles. The van der Waals surface area contributed by atoms with Crippen molar-refractivity contribution in [3.8, 4) is 0 Å². The summed E-state index contributed by atoms with van der Waals surface area (Å²) < 4.78 is 1.02. The van der Waals surface area contributed by atoms with Crippen LogP contribution in [0.2, 0.25) is 5.02 Å². The highest BCUT2D eigenvalue weighted by Crippen LogP contribution is 2.23. The van der Waals surface area contributed by atoms with Gasteiger partial charge in [-0.3, -0.25) is 0 Å². The van der Waals surface area contributed by atoms with Crippen molar-refractivity contribution in [1.82, 2.24) is 5.32 Å². The Bertz CT molecular complexity index is 357. The van der Waals surface area contributed by atoms with Crippen LogP contribution in [0, 0.1) is 5.41 Å². The van der Waals surface area contributed by atoms with Crippen molar-refractivity contribution in [1.29, 1.82) is 0 Å². The quantitative estimate of drug-likeness (QED) is 0.858. The summed E-state index contributed by atoms with van der Waals surface area (Å²) in [6.45, 7) is 9.70. The molecule has 1 aromatic rings. The second kappa shape index (κ2) is 5.52. The lowest BCUT2D eigenvalue weighted by Gasteiger charge is -2.28. The van der Waals surface area contributed by atoms with Crippen LogP contribution in [-0.4, -0.2) is 6.04 Å². The predicted molar refractivity (Wildman–Crippen MR) is 74.9 cm³/mol. The number of halogens is 2. The summed E-state index contributed by atoms with van der Waals surface area (Å²) in [6.07, 6.45) is 0. The molecule has 0 aliphatic rings. The van der Waals surface area contributed by atoms with E-state index in [2.05, 4.69) is 55.0 Å². The maximum Gasteiger partial charge on any atom is 0.0462 e. The van der Waals surface area contributed by atoms with Crippen LogP contribution >= 0.6 is 27.5 Å². The van der Waals surface area contributed by atoms with E-state index in [0.29, 0.717) is 6.04 Å². The number of hydrogen-bond acceptors (Lipinski definition) is 1. The molecule has 0 radical (unpaired) electrons. The lowest BCUT2D eigenvalue weighted by Crippen LogP contribution is -2.37. The molecule has 0 fully saturated rings. The average molecular weight is 305 g/mol. The third-order valence-corrected chi connectivity index (χ3v) is 3.76. The number of nitrogens with one attached hydrogen (secondary N) is 1. The highest BCUT2D eigenvalue weighted by Gasteiger charge is 2.19. The first-order valence-electron chi connectivity index (χ1n) is 5.48. The molecule has 1 atom stereocenters. The van der Waals surface area contributed by atoms with Gasteiger partial charge in [-0.2, -0.15) is 0 Å². The van der Waals surface area contributed by atoms with Crippen molar-refractivity contribution < 1.29 is 0 Å². The van der Waals surface area contributed by atoms with Gasteiger partial charge in [-0.15, -0.1) is 0 Å². The number of hydrogen-bond donors (Lipinski definition) is 1. The van der Waals surface area contributed by atoms with E-state index in [-0.39, 0.29) is 5.41 Å². The van der Waals surface area contributed by atoms with Gasteiger partial charge in [0.15, 0.2) is 0 Å². The number of rotatable bonds is 3. The van der Waals surface area contributed by atoms with Crippen molar-refractivity contribution in [2.45, 2.75) is 40.3 Å². The normalized spacial score (nSPS) is 13.9. The molecule has 0 amide bonds. The Morgan fingerprint density at radius 1 is 1.38 bits per heavy atom. The monoisotopic (exact) mass is 303 g/mol. The molecule has 0 aliphatic heterocycles. The molecule has 16 heavy (non-hydrogen) atoms. The summed E-state index contributed by atoms with van der Waals surface area (Å²) >= 11 is 9.56. The number of benzene rings is 1. The van der Waals surface area contributed by atoms with Crippen molar-refractivity contribution >= 4 is 27.5 Å². The fraction of sp³-hybridized carbons (Fsp3) is 0.538. The smallest absolute Gasteiger partial charge is 0.0462 e. The lowest BCUT2D eigenvalue weighted by atomic mass is 9.88. The van der Waals surface area contributed by atoms with E-state index in [1.165, 1.54) is 0 Å². The summed E-state index contributed by atoms with van der Waals surface area (Å²) in [7, 11) is 0. The molecule has 1 N–H and O–H groups in total. The molecule has 90 valence electrons. The maximum absolute atomic E-state index is 6.16. The highest BCUT2D eigenvalue weighted by atomic mass is 79.9. The first-order chi connectivity index (χ1) is 7.30. The van der Waals surface area contributed by atoms with Gasteiger partial charge in [-0.25, -0.2) is 0 Å². The van der Waals surface area contributed by atoms with Gasteiger partial charge in [0, 0.05) is 22.1 Å². The van der Waals surface area contributed by atoms with Gasteiger partial charge in [-0.05, 0) is 30.0 Å². The molecular formula is C13H19BrClN. The van der Waals surface area contributed by atoms with Gasteiger partial charge in [0.1, 0.15) is 0 Å². The fourth-order valence-electron chi connectivity index (χ4n) is 1.23. The van der Waals surface area contributed by atoms with Crippen LogP contribution < -0.4 is 5.32 Å². The Hall–Kier alpha value is -0.0500. The summed E-state index contributed by atoms with van der Waals surface area (Å²) in [4.78, 5) is 0. The summed E-state index contributed by atoms with van der Waals surface area (Å²) in [5.74, 6) is 0. The molecule has 0 saturated heterocycles. The molecule has 1 aromatic carbocycles. The molecule has 1 nitrogen and oxygen atoms in total. The third-order valence-electron chi connectivity index (χ3n) is 2.91. The Labute approximate surface area is 112 Å². The molecule has 0 saturated carbocycles. The summed E-state index contributed by atoms with van der Waals surface area (Å²) in [5.41, 5.74) is 1.41. The van der Waals surface area contributed by atoms with E-state index >= 15 is 0 Å². The van der Waals surface area contributed by atoms with Gasteiger partial charge in [0.2, 0.25) is 0 Å². The van der Waals surface area contributed by atoms with Crippen LogP contribution in [0.3, 0.4) is 0 Å². The average Bonchev–Trinajstić information content (AvgIpc) is 2.14. The highest BCUT2D eigenvalue weighted by molar-refractivity contribution is 9.10. The van der Waals surface area contributed by atoms with Crippen LogP contribution in [-0.2, 0) is 6.54 Å². The predicted octanol–water partition coefficient (Wildman–Crippen LogP) is 4.63.